The molecule has 0 heterocycles. The Morgan fingerprint density at radius 2 is 1.71 bits per heavy atom. The molecule has 4 saturated carbocycles. The molecule has 5 heteroatoms. The number of aliphatic hydroxyl groups excluding tert-OH is 1. The van der Waals surface area contributed by atoms with Crippen LogP contribution in [0.2, 0.25) is 0 Å². The molecule has 4 fully saturated rings. The number of hydrogen-bond donors (Lipinski definition) is 3. The maximum Gasteiger partial charge on any atom is 0.315 e. The first-order valence-electron chi connectivity index (χ1n) is 9.60. The maximum atomic E-state index is 12.7. The summed E-state index contributed by atoms with van der Waals surface area (Å²) >= 11 is 0. The van der Waals surface area contributed by atoms with Crippen molar-refractivity contribution in [2.24, 2.45) is 17.8 Å². The van der Waals surface area contributed by atoms with Crippen molar-refractivity contribution in [1.29, 1.82) is 0 Å². The molecule has 4 nitrogen and oxygen atoms in total. The van der Waals surface area contributed by atoms with Crippen LogP contribution in [0.25, 0.3) is 0 Å². The predicted octanol–water partition coefficient (Wildman–Crippen LogP) is 3.66. The smallest absolute Gasteiger partial charge is 0.315 e. The third kappa shape index (κ3) is 4.50. The number of rotatable bonds is 8. The van der Waals surface area contributed by atoms with Gasteiger partial charge in [0.25, 0.3) is 0 Å². The molecule has 0 spiro atoms. The van der Waals surface area contributed by atoms with E-state index in [1.54, 1.807) is 0 Å². The summed E-state index contributed by atoms with van der Waals surface area (Å²) < 4.78 is 12.7. The van der Waals surface area contributed by atoms with Crippen molar-refractivity contribution in [1.82, 2.24) is 10.6 Å². The Bertz CT molecular complexity index is 443. The van der Waals surface area contributed by atoms with E-state index in [-0.39, 0.29) is 11.6 Å². The number of hydrogen-bond acceptors (Lipinski definition) is 2. The van der Waals surface area contributed by atoms with Crippen molar-refractivity contribution >= 4 is 6.03 Å². The van der Waals surface area contributed by atoms with Gasteiger partial charge in [0.1, 0.15) is 5.83 Å². The quantitative estimate of drug-likeness (QED) is 0.592. The lowest BCUT2D eigenvalue weighted by molar-refractivity contribution is -0.0135. The van der Waals surface area contributed by atoms with Crippen LogP contribution in [-0.2, 0) is 0 Å². The molecule has 4 rings (SSSR count). The van der Waals surface area contributed by atoms with Crippen molar-refractivity contribution in [2.75, 3.05) is 13.2 Å². The highest BCUT2D eigenvalue weighted by Crippen LogP contribution is 2.55. The topological polar surface area (TPSA) is 61.4 Å². The van der Waals surface area contributed by atoms with E-state index >= 15 is 0 Å². The summed E-state index contributed by atoms with van der Waals surface area (Å²) in [4.78, 5) is 12.2. The largest absolute Gasteiger partial charge is 0.389 e. The Labute approximate surface area is 144 Å². The molecular weight excluding hydrogens is 307 g/mol. The van der Waals surface area contributed by atoms with Gasteiger partial charge in [-0.15, -0.1) is 0 Å². The summed E-state index contributed by atoms with van der Waals surface area (Å²) in [5.41, 5.74) is 0.0749. The summed E-state index contributed by atoms with van der Waals surface area (Å²) in [6.45, 7) is 0.163. The first kappa shape index (κ1) is 17.7. The number of amides is 2. The van der Waals surface area contributed by atoms with Crippen LogP contribution in [0, 0.1) is 17.8 Å². The van der Waals surface area contributed by atoms with Crippen molar-refractivity contribution in [3.63, 3.8) is 0 Å². The minimum absolute atomic E-state index is 0.0110. The maximum absolute atomic E-state index is 12.7. The highest BCUT2D eigenvalue weighted by atomic mass is 19.1. The standard InChI is InChI=1S/C19H31FN2O2/c20-17(13-23)5-3-1-2-4-6-21-18(24)22-19-10-14-7-15(11-19)9-16(8-14)12-19/h5,14-16,23H,1-4,6-13H2,(H2,21,22,24)/b17-5-. The molecule has 0 atom stereocenters. The van der Waals surface area contributed by atoms with E-state index in [9.17, 15) is 9.18 Å². The highest BCUT2D eigenvalue weighted by Gasteiger charge is 2.51. The van der Waals surface area contributed by atoms with Crippen LogP contribution >= 0.6 is 0 Å². The van der Waals surface area contributed by atoms with Gasteiger partial charge in [0.05, 0.1) is 6.61 Å². The van der Waals surface area contributed by atoms with E-state index < -0.39 is 12.4 Å². The fourth-order valence-corrected chi connectivity index (χ4v) is 5.52. The average Bonchev–Trinajstić information content (AvgIpc) is 2.51. The van der Waals surface area contributed by atoms with Crippen molar-refractivity contribution in [2.45, 2.75) is 69.7 Å². The first-order valence-corrected chi connectivity index (χ1v) is 9.60. The Morgan fingerprint density at radius 3 is 2.29 bits per heavy atom. The first-order chi connectivity index (χ1) is 11.6. The van der Waals surface area contributed by atoms with Crippen LogP contribution in [0.15, 0.2) is 11.9 Å². The molecular formula is C19H31FN2O2. The second kappa shape index (κ2) is 7.85. The monoisotopic (exact) mass is 338 g/mol. The molecule has 0 saturated heterocycles. The number of urea groups is 1. The summed E-state index contributed by atoms with van der Waals surface area (Å²) in [6.07, 6.45) is 12.5. The molecule has 2 amide bonds. The molecule has 0 aromatic heterocycles. The van der Waals surface area contributed by atoms with E-state index in [0.29, 0.717) is 13.0 Å². The van der Waals surface area contributed by atoms with Crippen LogP contribution in [0.1, 0.15) is 64.2 Å². The lowest BCUT2D eigenvalue weighted by atomic mass is 9.53. The number of allylic oxidation sites excluding steroid dienone is 1. The summed E-state index contributed by atoms with van der Waals surface area (Å²) in [5.74, 6) is 2.06. The molecule has 0 aromatic carbocycles. The molecule has 24 heavy (non-hydrogen) atoms. The number of aliphatic hydroxyl groups is 1. The molecule has 0 aromatic rings. The number of carbonyl (C=O) groups excluding carboxylic acids is 1. The minimum atomic E-state index is -0.508. The van der Waals surface area contributed by atoms with Gasteiger partial charge in [-0.05, 0) is 75.5 Å². The molecule has 0 unspecified atom stereocenters. The van der Waals surface area contributed by atoms with Gasteiger partial charge in [-0.3, -0.25) is 0 Å². The van der Waals surface area contributed by atoms with E-state index in [0.717, 1.165) is 37.0 Å². The van der Waals surface area contributed by atoms with Crippen LogP contribution in [-0.4, -0.2) is 29.8 Å². The normalized spacial score (nSPS) is 34.4. The third-order valence-electron chi connectivity index (χ3n) is 6.10. The van der Waals surface area contributed by atoms with Crippen molar-refractivity contribution < 1.29 is 14.3 Å². The Balaban J connectivity index is 1.31. The van der Waals surface area contributed by atoms with E-state index in [1.165, 1.54) is 44.6 Å². The summed E-state index contributed by atoms with van der Waals surface area (Å²) in [5, 5.41) is 14.9. The van der Waals surface area contributed by atoms with Crippen LogP contribution in [0.5, 0.6) is 0 Å². The molecule has 4 bridgehead atoms. The number of unbranched alkanes of at least 4 members (excludes halogenated alkanes) is 3. The van der Waals surface area contributed by atoms with Crippen LogP contribution in [0.3, 0.4) is 0 Å². The van der Waals surface area contributed by atoms with Crippen molar-refractivity contribution in [3.05, 3.63) is 11.9 Å². The van der Waals surface area contributed by atoms with Crippen LogP contribution < -0.4 is 10.6 Å². The minimum Gasteiger partial charge on any atom is -0.389 e. The number of nitrogens with one attached hydrogen (secondary N) is 2. The van der Waals surface area contributed by atoms with Gasteiger partial charge >= 0.3 is 6.03 Å². The van der Waals surface area contributed by atoms with Gasteiger partial charge in [0, 0.05) is 12.1 Å². The zero-order chi connectivity index (χ0) is 17.0. The SMILES string of the molecule is O=C(NCCCCC/C=C(\F)CO)NC12CC3CC(CC(C3)C1)C2. The van der Waals surface area contributed by atoms with Gasteiger partial charge in [0.2, 0.25) is 0 Å². The third-order valence-corrected chi connectivity index (χ3v) is 6.10. The van der Waals surface area contributed by atoms with E-state index in [1.807, 2.05) is 0 Å². The zero-order valence-electron chi connectivity index (χ0n) is 14.5. The molecule has 0 radical (unpaired) electrons. The van der Waals surface area contributed by atoms with Crippen molar-refractivity contribution in [3.8, 4) is 0 Å². The summed E-state index contributed by atoms with van der Waals surface area (Å²) in [7, 11) is 0. The van der Waals surface area contributed by atoms with Gasteiger partial charge < -0.3 is 15.7 Å². The van der Waals surface area contributed by atoms with Gasteiger partial charge in [-0.25, -0.2) is 9.18 Å². The lowest BCUT2D eigenvalue weighted by Crippen LogP contribution is -2.61. The highest BCUT2D eigenvalue weighted by molar-refractivity contribution is 5.74. The second-order valence-electron chi connectivity index (χ2n) is 8.24. The zero-order valence-corrected chi connectivity index (χ0v) is 14.5. The summed E-state index contributed by atoms with van der Waals surface area (Å²) in [6, 6.07) is -0.0110. The molecule has 3 N–H and O–H groups in total. The Hall–Kier alpha value is -1.10. The second-order valence-corrected chi connectivity index (χ2v) is 8.24. The lowest BCUT2D eigenvalue weighted by Gasteiger charge is -2.56. The van der Waals surface area contributed by atoms with E-state index in [4.69, 9.17) is 5.11 Å². The average molecular weight is 338 g/mol. The predicted molar refractivity (Wildman–Crippen MR) is 92.2 cm³/mol. The fourth-order valence-electron chi connectivity index (χ4n) is 5.52. The van der Waals surface area contributed by atoms with E-state index in [2.05, 4.69) is 10.6 Å². The molecule has 4 aliphatic carbocycles. The Morgan fingerprint density at radius 1 is 1.08 bits per heavy atom. The number of carbonyl (C=O) groups is 1. The van der Waals surface area contributed by atoms with Gasteiger partial charge in [-0.2, -0.15) is 0 Å². The molecule has 136 valence electrons. The van der Waals surface area contributed by atoms with Gasteiger partial charge in [0.15, 0.2) is 0 Å². The number of halogens is 1. The van der Waals surface area contributed by atoms with Gasteiger partial charge in [-0.1, -0.05) is 12.5 Å². The molecule has 4 aliphatic rings. The Kier molecular flexibility index (Phi) is 5.80. The fraction of sp³-hybridized carbons (Fsp3) is 0.842. The van der Waals surface area contributed by atoms with Crippen LogP contribution in [0.4, 0.5) is 9.18 Å². The molecule has 0 aliphatic heterocycles.